The molecule has 0 amide bonds. The molecular weight excluding hydrogens is 240 g/mol. The first kappa shape index (κ1) is 12.8. The van der Waals surface area contributed by atoms with Crippen molar-refractivity contribution in [1.29, 1.82) is 0 Å². The molecule has 1 fully saturated rings. The highest BCUT2D eigenvalue weighted by Gasteiger charge is 2.42. The Morgan fingerprint density at radius 3 is 2.79 bits per heavy atom. The molecule has 0 unspecified atom stereocenters. The fourth-order valence-corrected chi connectivity index (χ4v) is 2.92. The quantitative estimate of drug-likeness (QED) is 0.848. The van der Waals surface area contributed by atoms with E-state index in [0.717, 1.165) is 31.1 Å². The standard InChI is InChI=1S/C15H22N2O2/c1-16-9-15(5-6-15)10-17(2)8-12-3-4-13-14(7-12)19-11-18-13/h3-4,7,16H,5-6,8-11H2,1-2H3. The molecule has 1 heterocycles. The molecule has 19 heavy (non-hydrogen) atoms. The molecule has 0 saturated heterocycles. The molecule has 1 aliphatic heterocycles. The van der Waals surface area contributed by atoms with Gasteiger partial charge in [-0.05, 0) is 50.0 Å². The van der Waals surface area contributed by atoms with Gasteiger partial charge in [0.25, 0.3) is 0 Å². The van der Waals surface area contributed by atoms with Crippen molar-refractivity contribution in [2.75, 3.05) is 34.0 Å². The molecule has 3 rings (SSSR count). The van der Waals surface area contributed by atoms with Gasteiger partial charge in [0.2, 0.25) is 6.79 Å². The average Bonchev–Trinajstić information content (AvgIpc) is 2.96. The van der Waals surface area contributed by atoms with Crippen molar-refractivity contribution in [2.45, 2.75) is 19.4 Å². The summed E-state index contributed by atoms with van der Waals surface area (Å²) in [6.07, 6.45) is 2.69. The van der Waals surface area contributed by atoms with Crippen LogP contribution in [0, 0.1) is 5.41 Å². The zero-order valence-electron chi connectivity index (χ0n) is 11.7. The normalized spacial score (nSPS) is 18.9. The Kier molecular flexibility index (Phi) is 3.37. The summed E-state index contributed by atoms with van der Waals surface area (Å²) in [5.41, 5.74) is 1.80. The maximum Gasteiger partial charge on any atom is 0.231 e. The molecule has 1 aromatic carbocycles. The molecule has 1 aromatic rings. The number of benzene rings is 1. The number of hydrogen-bond acceptors (Lipinski definition) is 4. The summed E-state index contributed by atoms with van der Waals surface area (Å²) in [5, 5.41) is 3.31. The van der Waals surface area contributed by atoms with Gasteiger partial charge in [0.1, 0.15) is 0 Å². The van der Waals surface area contributed by atoms with Crippen LogP contribution in [0.4, 0.5) is 0 Å². The molecule has 4 nitrogen and oxygen atoms in total. The van der Waals surface area contributed by atoms with E-state index in [1.165, 1.54) is 18.4 Å². The minimum atomic E-state index is 0.347. The third kappa shape index (κ3) is 2.85. The highest BCUT2D eigenvalue weighted by atomic mass is 16.7. The van der Waals surface area contributed by atoms with Crippen LogP contribution >= 0.6 is 0 Å². The number of rotatable bonds is 6. The summed E-state index contributed by atoms with van der Waals surface area (Å²) in [6, 6.07) is 6.23. The third-order valence-electron chi connectivity index (χ3n) is 4.00. The molecule has 2 aliphatic rings. The summed E-state index contributed by atoms with van der Waals surface area (Å²) in [4.78, 5) is 2.40. The second kappa shape index (κ2) is 5.02. The summed E-state index contributed by atoms with van der Waals surface area (Å²) in [7, 11) is 4.23. The zero-order valence-corrected chi connectivity index (χ0v) is 11.7. The monoisotopic (exact) mass is 262 g/mol. The number of fused-ring (bicyclic) bond motifs is 1. The average molecular weight is 262 g/mol. The van der Waals surface area contributed by atoms with E-state index < -0.39 is 0 Å². The van der Waals surface area contributed by atoms with E-state index in [4.69, 9.17) is 9.47 Å². The first-order chi connectivity index (χ1) is 9.21. The van der Waals surface area contributed by atoms with E-state index in [2.05, 4.69) is 29.4 Å². The Morgan fingerprint density at radius 2 is 2.05 bits per heavy atom. The number of nitrogens with zero attached hydrogens (tertiary/aromatic N) is 1. The van der Waals surface area contributed by atoms with Gasteiger partial charge in [-0.15, -0.1) is 0 Å². The summed E-state index contributed by atoms with van der Waals surface area (Å²) in [5.74, 6) is 1.74. The van der Waals surface area contributed by atoms with Crippen molar-refractivity contribution in [3.8, 4) is 11.5 Å². The lowest BCUT2D eigenvalue weighted by Gasteiger charge is -2.23. The van der Waals surface area contributed by atoms with Crippen molar-refractivity contribution in [3.63, 3.8) is 0 Å². The minimum absolute atomic E-state index is 0.347. The van der Waals surface area contributed by atoms with E-state index in [1.54, 1.807) is 0 Å². The van der Waals surface area contributed by atoms with E-state index in [1.807, 2.05) is 13.1 Å². The van der Waals surface area contributed by atoms with E-state index in [0.29, 0.717) is 12.2 Å². The van der Waals surface area contributed by atoms with Crippen molar-refractivity contribution >= 4 is 0 Å². The van der Waals surface area contributed by atoms with Gasteiger partial charge in [-0.25, -0.2) is 0 Å². The Hall–Kier alpha value is -1.26. The maximum absolute atomic E-state index is 5.42. The lowest BCUT2D eigenvalue weighted by atomic mass is 10.1. The van der Waals surface area contributed by atoms with Gasteiger partial charge < -0.3 is 19.7 Å². The molecule has 0 bridgehead atoms. The maximum atomic E-state index is 5.42. The molecule has 1 aliphatic carbocycles. The predicted octanol–water partition coefficient (Wildman–Crippen LogP) is 1.85. The van der Waals surface area contributed by atoms with Crippen LogP contribution in [0.15, 0.2) is 18.2 Å². The van der Waals surface area contributed by atoms with E-state index in [9.17, 15) is 0 Å². The van der Waals surface area contributed by atoms with Crippen molar-refractivity contribution in [3.05, 3.63) is 23.8 Å². The van der Waals surface area contributed by atoms with E-state index >= 15 is 0 Å². The van der Waals surface area contributed by atoms with Crippen LogP contribution in [0.5, 0.6) is 11.5 Å². The summed E-state index contributed by atoms with van der Waals surface area (Å²) in [6.45, 7) is 3.59. The first-order valence-electron chi connectivity index (χ1n) is 6.92. The fourth-order valence-electron chi connectivity index (χ4n) is 2.92. The van der Waals surface area contributed by atoms with E-state index in [-0.39, 0.29) is 0 Å². The van der Waals surface area contributed by atoms with Crippen LogP contribution in [0.3, 0.4) is 0 Å². The van der Waals surface area contributed by atoms with Crippen LogP contribution in [0.25, 0.3) is 0 Å². The van der Waals surface area contributed by atoms with Gasteiger partial charge >= 0.3 is 0 Å². The number of nitrogens with one attached hydrogen (secondary N) is 1. The fraction of sp³-hybridized carbons (Fsp3) is 0.600. The van der Waals surface area contributed by atoms with Crippen molar-refractivity contribution < 1.29 is 9.47 Å². The Balaban J connectivity index is 1.59. The van der Waals surface area contributed by atoms with Gasteiger partial charge in [-0.1, -0.05) is 6.07 Å². The smallest absolute Gasteiger partial charge is 0.231 e. The lowest BCUT2D eigenvalue weighted by molar-refractivity contribution is 0.174. The molecule has 0 spiro atoms. The topological polar surface area (TPSA) is 33.7 Å². The summed E-state index contributed by atoms with van der Waals surface area (Å²) >= 11 is 0. The number of hydrogen-bond donors (Lipinski definition) is 1. The molecule has 104 valence electrons. The molecule has 0 aromatic heterocycles. The van der Waals surface area contributed by atoms with Crippen LogP contribution in [-0.2, 0) is 6.54 Å². The second-order valence-electron chi connectivity index (χ2n) is 5.89. The molecular formula is C15H22N2O2. The molecule has 1 N–H and O–H groups in total. The van der Waals surface area contributed by atoms with Crippen LogP contribution in [-0.4, -0.2) is 38.9 Å². The van der Waals surface area contributed by atoms with Gasteiger partial charge in [-0.3, -0.25) is 0 Å². The zero-order chi connectivity index (χ0) is 13.3. The number of ether oxygens (including phenoxy) is 2. The third-order valence-corrected chi connectivity index (χ3v) is 4.00. The van der Waals surface area contributed by atoms with Crippen LogP contribution in [0.2, 0.25) is 0 Å². The Bertz CT molecular complexity index is 457. The van der Waals surface area contributed by atoms with Gasteiger partial charge in [0, 0.05) is 19.6 Å². The molecule has 0 atom stereocenters. The Morgan fingerprint density at radius 1 is 1.26 bits per heavy atom. The first-order valence-corrected chi connectivity index (χ1v) is 6.92. The van der Waals surface area contributed by atoms with Gasteiger partial charge in [-0.2, -0.15) is 0 Å². The Labute approximate surface area is 114 Å². The van der Waals surface area contributed by atoms with Crippen LogP contribution < -0.4 is 14.8 Å². The molecule has 4 heteroatoms. The highest BCUT2D eigenvalue weighted by Crippen LogP contribution is 2.45. The minimum Gasteiger partial charge on any atom is -0.454 e. The SMILES string of the molecule is CNCC1(CN(C)Cc2ccc3c(c2)OCO3)CC1. The highest BCUT2D eigenvalue weighted by molar-refractivity contribution is 5.44. The van der Waals surface area contributed by atoms with Crippen LogP contribution in [0.1, 0.15) is 18.4 Å². The predicted molar refractivity (Wildman–Crippen MR) is 74.5 cm³/mol. The summed E-state index contributed by atoms with van der Waals surface area (Å²) < 4.78 is 10.8. The second-order valence-corrected chi connectivity index (χ2v) is 5.89. The van der Waals surface area contributed by atoms with Gasteiger partial charge in [0.15, 0.2) is 11.5 Å². The molecule has 1 saturated carbocycles. The van der Waals surface area contributed by atoms with Crippen molar-refractivity contribution in [1.82, 2.24) is 10.2 Å². The largest absolute Gasteiger partial charge is 0.454 e. The lowest BCUT2D eigenvalue weighted by Crippen LogP contribution is -2.32. The molecule has 0 radical (unpaired) electrons. The van der Waals surface area contributed by atoms with Gasteiger partial charge in [0.05, 0.1) is 0 Å². The van der Waals surface area contributed by atoms with Crippen molar-refractivity contribution in [2.24, 2.45) is 5.41 Å².